The van der Waals surface area contributed by atoms with Gasteiger partial charge in [-0.05, 0) is 17.7 Å². The molecule has 0 aliphatic carbocycles. The maximum atomic E-state index is 12.3. The zero-order valence-corrected chi connectivity index (χ0v) is 13.2. The van der Waals surface area contributed by atoms with Crippen LogP contribution >= 0.6 is 0 Å². The van der Waals surface area contributed by atoms with Crippen LogP contribution in [-0.2, 0) is 29.4 Å². The number of methoxy groups -OCH3 is 1. The Morgan fingerprint density at radius 3 is 2.65 bits per heavy atom. The van der Waals surface area contributed by atoms with Crippen molar-refractivity contribution in [3.8, 4) is 0 Å². The fraction of sp³-hybridized carbons (Fsp3) is 0.357. The first-order valence-corrected chi connectivity index (χ1v) is 8.27. The van der Waals surface area contributed by atoms with Crippen LogP contribution in [0.5, 0.6) is 0 Å². The van der Waals surface area contributed by atoms with Crippen LogP contribution in [-0.4, -0.2) is 44.3 Å². The van der Waals surface area contributed by atoms with Gasteiger partial charge in [-0.3, -0.25) is 4.79 Å². The molecule has 23 heavy (non-hydrogen) atoms. The van der Waals surface area contributed by atoms with Crippen LogP contribution in [0.25, 0.3) is 5.76 Å². The molecule has 0 unspecified atom stereocenters. The summed E-state index contributed by atoms with van der Waals surface area (Å²) in [5, 5.41) is 0. The van der Waals surface area contributed by atoms with Crippen LogP contribution in [0.1, 0.15) is 18.4 Å². The van der Waals surface area contributed by atoms with Crippen molar-refractivity contribution in [3.63, 3.8) is 0 Å². The van der Waals surface area contributed by atoms with Gasteiger partial charge in [0, 0.05) is 12.1 Å². The second-order valence-electron chi connectivity index (χ2n) is 4.78. The molecule has 1 aliphatic rings. The Bertz CT molecular complexity index is 712. The Labute approximate surface area is 133 Å². The molecule has 1 N–H and O–H groups in total. The van der Waals surface area contributed by atoms with E-state index in [1.54, 1.807) is 30.3 Å². The zero-order chi connectivity index (χ0) is 16.9. The molecule has 1 aromatic rings. The van der Waals surface area contributed by atoms with Gasteiger partial charge in [-0.25, -0.2) is 4.79 Å². The number of carbonyl (C=O) groups is 1. The molecule has 0 saturated carbocycles. The van der Waals surface area contributed by atoms with Gasteiger partial charge in [-0.2, -0.15) is 12.7 Å². The molecule has 0 aromatic heterocycles. The van der Waals surface area contributed by atoms with Gasteiger partial charge in [0.1, 0.15) is 6.04 Å². The van der Waals surface area contributed by atoms with E-state index in [0.29, 0.717) is 18.4 Å². The van der Waals surface area contributed by atoms with E-state index in [0.717, 1.165) is 4.31 Å². The summed E-state index contributed by atoms with van der Waals surface area (Å²) in [4.78, 5) is 29.3. The Morgan fingerprint density at radius 2 is 2.04 bits per heavy atom. The van der Waals surface area contributed by atoms with Gasteiger partial charge in [-0.15, -0.1) is 0 Å². The number of rotatable bonds is 6. The normalized spacial score (nSPS) is 18.2. The Morgan fingerprint density at radius 1 is 1.35 bits per heavy atom. The number of benzene rings is 1. The molecule has 1 aromatic carbocycles. The van der Waals surface area contributed by atoms with Crippen molar-refractivity contribution in [2.24, 2.45) is 0 Å². The SMILES string of the molecule is COC(=O)[C@@H]1CCCN1S(=O)(=O)NOC(=C=O)c1ccccc1. The lowest BCUT2D eigenvalue weighted by atomic mass is 10.2. The summed E-state index contributed by atoms with van der Waals surface area (Å²) in [5.74, 6) is 0.594. The molecule has 2 rings (SSSR count). The molecule has 1 heterocycles. The zero-order valence-electron chi connectivity index (χ0n) is 12.4. The summed E-state index contributed by atoms with van der Waals surface area (Å²) in [6.45, 7) is 0.157. The molecule has 0 spiro atoms. The quantitative estimate of drug-likeness (QED) is 0.345. The minimum Gasteiger partial charge on any atom is -0.468 e. The monoisotopic (exact) mass is 340 g/mol. The number of ether oxygens (including phenoxy) is 1. The van der Waals surface area contributed by atoms with E-state index in [1.807, 2.05) is 4.89 Å². The molecule has 1 saturated heterocycles. The first kappa shape index (κ1) is 17.2. The molecule has 8 nitrogen and oxygen atoms in total. The Hall–Kier alpha value is -2.19. The highest BCUT2D eigenvalue weighted by Crippen LogP contribution is 2.22. The molecule has 0 radical (unpaired) electrons. The molecule has 0 amide bonds. The predicted molar refractivity (Wildman–Crippen MR) is 80.4 cm³/mol. The van der Waals surface area contributed by atoms with Gasteiger partial charge in [0.2, 0.25) is 5.76 Å². The Kier molecular flexibility index (Phi) is 5.51. The van der Waals surface area contributed by atoms with Gasteiger partial charge >= 0.3 is 16.2 Å². The predicted octanol–water partition coefficient (Wildman–Crippen LogP) is 0.263. The smallest absolute Gasteiger partial charge is 0.324 e. The molecular formula is C14H16N2O6S. The minimum atomic E-state index is -4.12. The largest absolute Gasteiger partial charge is 0.468 e. The minimum absolute atomic E-state index is 0.157. The van der Waals surface area contributed by atoms with E-state index in [9.17, 15) is 18.0 Å². The second-order valence-corrected chi connectivity index (χ2v) is 6.37. The maximum absolute atomic E-state index is 12.3. The van der Waals surface area contributed by atoms with Gasteiger partial charge in [0.25, 0.3) is 0 Å². The van der Waals surface area contributed by atoms with Crippen molar-refractivity contribution < 1.29 is 27.6 Å². The second kappa shape index (κ2) is 7.38. The van der Waals surface area contributed by atoms with Crippen LogP contribution in [0, 0.1) is 0 Å². The lowest BCUT2D eigenvalue weighted by Gasteiger charge is -2.22. The standard InChI is InChI=1S/C14H16N2O6S/c1-21-14(18)12-8-5-9-16(12)23(19,20)15-22-13(10-17)11-6-3-2-4-7-11/h2-4,6-7,12,15H,5,8-9H2,1H3/t12-/m0/s1. The fourth-order valence-corrected chi connectivity index (χ4v) is 3.45. The van der Waals surface area contributed by atoms with Crippen LogP contribution < -0.4 is 4.89 Å². The average Bonchev–Trinajstić information content (AvgIpc) is 3.06. The average molecular weight is 340 g/mol. The van der Waals surface area contributed by atoms with Crippen LogP contribution in [0.15, 0.2) is 30.3 Å². The first-order valence-electron chi connectivity index (χ1n) is 6.83. The molecule has 1 fully saturated rings. The van der Waals surface area contributed by atoms with Gasteiger partial charge in [0.15, 0.2) is 5.94 Å². The molecule has 0 bridgehead atoms. The summed E-state index contributed by atoms with van der Waals surface area (Å²) >= 11 is 0. The fourth-order valence-electron chi connectivity index (χ4n) is 2.27. The van der Waals surface area contributed by atoms with Gasteiger partial charge < -0.3 is 9.57 Å². The highest BCUT2D eigenvalue weighted by Gasteiger charge is 2.40. The number of hydrogen-bond donors (Lipinski definition) is 1. The van der Waals surface area contributed by atoms with Gasteiger partial charge in [0.05, 0.1) is 7.11 Å². The van der Waals surface area contributed by atoms with Gasteiger partial charge in [-0.1, -0.05) is 30.3 Å². The van der Waals surface area contributed by atoms with Crippen LogP contribution in [0.4, 0.5) is 0 Å². The van der Waals surface area contributed by atoms with Crippen molar-refractivity contribution in [1.82, 2.24) is 9.19 Å². The molecule has 1 aliphatic heterocycles. The molecule has 1 atom stereocenters. The lowest BCUT2D eigenvalue weighted by Crippen LogP contribution is -2.46. The van der Waals surface area contributed by atoms with E-state index in [4.69, 9.17) is 4.84 Å². The number of nitrogens with zero attached hydrogens (tertiary/aromatic N) is 1. The van der Waals surface area contributed by atoms with Crippen molar-refractivity contribution in [2.45, 2.75) is 18.9 Å². The number of carbonyl (C=O) groups excluding carboxylic acids is 2. The van der Waals surface area contributed by atoms with Crippen molar-refractivity contribution in [2.75, 3.05) is 13.7 Å². The number of esters is 1. The maximum Gasteiger partial charge on any atom is 0.324 e. The summed E-state index contributed by atoms with van der Waals surface area (Å²) < 4.78 is 30.1. The van der Waals surface area contributed by atoms with E-state index in [2.05, 4.69) is 4.74 Å². The summed E-state index contributed by atoms with van der Waals surface area (Å²) in [5.41, 5.74) is 0.371. The van der Waals surface area contributed by atoms with Crippen LogP contribution in [0.3, 0.4) is 0 Å². The third-order valence-corrected chi connectivity index (χ3v) is 4.71. The van der Waals surface area contributed by atoms with E-state index in [1.165, 1.54) is 13.1 Å². The first-order chi connectivity index (χ1) is 11.0. The van der Waals surface area contributed by atoms with Crippen molar-refractivity contribution in [3.05, 3.63) is 35.9 Å². The van der Waals surface area contributed by atoms with E-state index < -0.39 is 22.2 Å². The molecule has 124 valence electrons. The molecular weight excluding hydrogens is 324 g/mol. The van der Waals surface area contributed by atoms with E-state index in [-0.39, 0.29) is 12.3 Å². The lowest BCUT2D eigenvalue weighted by molar-refractivity contribution is -0.144. The topological polar surface area (TPSA) is 102 Å². The molecule has 9 heteroatoms. The van der Waals surface area contributed by atoms with Crippen molar-refractivity contribution in [1.29, 1.82) is 0 Å². The highest BCUT2D eigenvalue weighted by atomic mass is 32.2. The summed E-state index contributed by atoms with van der Waals surface area (Å²) in [6, 6.07) is 7.31. The highest BCUT2D eigenvalue weighted by molar-refractivity contribution is 7.87. The third kappa shape index (κ3) is 3.96. The number of hydrogen-bond acceptors (Lipinski definition) is 6. The van der Waals surface area contributed by atoms with Crippen molar-refractivity contribution >= 4 is 27.9 Å². The Balaban J connectivity index is 2.09. The van der Waals surface area contributed by atoms with Crippen LogP contribution in [0.2, 0.25) is 0 Å². The summed E-state index contributed by atoms with van der Waals surface area (Å²) in [7, 11) is -2.92. The summed E-state index contributed by atoms with van der Waals surface area (Å²) in [6.07, 6.45) is 0.887. The number of nitrogens with one attached hydrogen (secondary N) is 1. The third-order valence-electron chi connectivity index (χ3n) is 3.36. The van der Waals surface area contributed by atoms with E-state index >= 15 is 0 Å².